The summed E-state index contributed by atoms with van der Waals surface area (Å²) in [5.41, 5.74) is -0.378. The zero-order chi connectivity index (χ0) is 15.6. The van der Waals surface area contributed by atoms with Crippen LogP contribution in [0.5, 0.6) is 0 Å². The summed E-state index contributed by atoms with van der Waals surface area (Å²) < 4.78 is 0. The third-order valence-electron chi connectivity index (χ3n) is 3.72. The van der Waals surface area contributed by atoms with E-state index in [0.29, 0.717) is 17.0 Å². The van der Waals surface area contributed by atoms with Gasteiger partial charge >= 0.3 is 6.03 Å². The Bertz CT molecular complexity index is 608. The van der Waals surface area contributed by atoms with Crippen molar-refractivity contribution in [1.29, 1.82) is 5.26 Å². The van der Waals surface area contributed by atoms with E-state index in [2.05, 4.69) is 5.32 Å². The second kappa shape index (κ2) is 5.74. The zero-order valence-electron chi connectivity index (χ0n) is 11.9. The number of hydrogen-bond donors (Lipinski definition) is 1. The average molecular weight is 306 g/mol. The van der Waals surface area contributed by atoms with Gasteiger partial charge in [0.2, 0.25) is 0 Å². The molecule has 2 atom stereocenters. The highest BCUT2D eigenvalue weighted by Gasteiger charge is 2.51. The third kappa shape index (κ3) is 2.59. The molecule has 1 fully saturated rings. The molecule has 1 aromatic rings. The molecule has 0 radical (unpaired) electrons. The number of nitriles is 1. The number of imide groups is 1. The molecule has 3 amide bonds. The molecule has 21 heavy (non-hydrogen) atoms. The lowest BCUT2D eigenvalue weighted by molar-refractivity contribution is -0.132. The minimum atomic E-state index is -1.07. The standard InChI is InChI=1S/C15H16ClN3O2/c1-3-15(11-4-6-12(16)7-5-11)13(20)19(14(21)18-15)9-10(2)8-17/h4-7,10H,3,9H2,1-2H3,(H,18,21). The number of halogens is 1. The fourth-order valence-corrected chi connectivity index (χ4v) is 2.61. The van der Waals surface area contributed by atoms with Crippen LogP contribution >= 0.6 is 11.6 Å². The molecule has 6 heteroatoms. The van der Waals surface area contributed by atoms with Crippen LogP contribution in [0.2, 0.25) is 5.02 Å². The Morgan fingerprint density at radius 1 is 1.38 bits per heavy atom. The Balaban J connectivity index is 2.37. The smallest absolute Gasteiger partial charge is 0.319 e. The lowest BCUT2D eigenvalue weighted by Gasteiger charge is -2.26. The van der Waals surface area contributed by atoms with Gasteiger partial charge in [-0.15, -0.1) is 0 Å². The number of rotatable bonds is 4. The van der Waals surface area contributed by atoms with Gasteiger partial charge in [0.05, 0.1) is 12.0 Å². The first-order valence-corrected chi connectivity index (χ1v) is 7.12. The third-order valence-corrected chi connectivity index (χ3v) is 3.97. The zero-order valence-corrected chi connectivity index (χ0v) is 12.6. The lowest BCUT2D eigenvalue weighted by atomic mass is 9.87. The number of hydrogen-bond acceptors (Lipinski definition) is 3. The molecule has 2 rings (SSSR count). The van der Waals surface area contributed by atoms with Crippen LogP contribution in [-0.2, 0) is 10.3 Å². The molecule has 0 aromatic heterocycles. The van der Waals surface area contributed by atoms with Crippen LogP contribution in [0.25, 0.3) is 0 Å². The molecule has 1 saturated heterocycles. The van der Waals surface area contributed by atoms with E-state index in [9.17, 15) is 9.59 Å². The number of benzene rings is 1. The normalized spacial score (nSPS) is 22.9. The summed E-state index contributed by atoms with van der Waals surface area (Å²) in [5.74, 6) is -0.725. The maximum absolute atomic E-state index is 12.7. The summed E-state index contributed by atoms with van der Waals surface area (Å²) >= 11 is 5.87. The molecule has 0 saturated carbocycles. The predicted octanol–water partition coefficient (Wildman–Crippen LogP) is 2.66. The van der Waals surface area contributed by atoms with Gasteiger partial charge in [0.15, 0.2) is 0 Å². The number of amides is 3. The first-order valence-electron chi connectivity index (χ1n) is 6.74. The molecule has 1 aromatic carbocycles. The summed E-state index contributed by atoms with van der Waals surface area (Å²) in [5, 5.41) is 12.2. The maximum atomic E-state index is 12.7. The van der Waals surface area contributed by atoms with Crippen molar-refractivity contribution in [2.45, 2.75) is 25.8 Å². The van der Waals surface area contributed by atoms with Crippen molar-refractivity contribution in [2.75, 3.05) is 6.54 Å². The van der Waals surface area contributed by atoms with E-state index < -0.39 is 17.5 Å². The van der Waals surface area contributed by atoms with Crippen molar-refractivity contribution in [3.63, 3.8) is 0 Å². The first-order chi connectivity index (χ1) is 9.94. The maximum Gasteiger partial charge on any atom is 0.325 e. The van der Waals surface area contributed by atoms with Crippen LogP contribution in [-0.4, -0.2) is 23.4 Å². The van der Waals surface area contributed by atoms with E-state index in [-0.39, 0.29) is 12.5 Å². The number of urea groups is 1. The van der Waals surface area contributed by atoms with Crippen molar-refractivity contribution < 1.29 is 9.59 Å². The van der Waals surface area contributed by atoms with Gasteiger partial charge in [-0.1, -0.05) is 30.7 Å². The number of nitrogens with one attached hydrogen (secondary N) is 1. The molecular weight excluding hydrogens is 290 g/mol. The van der Waals surface area contributed by atoms with Crippen LogP contribution in [0.1, 0.15) is 25.8 Å². The Hall–Kier alpha value is -2.06. The topological polar surface area (TPSA) is 73.2 Å². The van der Waals surface area contributed by atoms with Gasteiger partial charge in [-0.2, -0.15) is 5.26 Å². The molecule has 0 aliphatic carbocycles. The fraction of sp³-hybridized carbons (Fsp3) is 0.400. The van der Waals surface area contributed by atoms with E-state index in [1.54, 1.807) is 31.2 Å². The van der Waals surface area contributed by atoms with Crippen molar-refractivity contribution in [2.24, 2.45) is 5.92 Å². The van der Waals surface area contributed by atoms with E-state index in [1.165, 1.54) is 0 Å². The Labute approximate surface area is 128 Å². The summed E-state index contributed by atoms with van der Waals surface area (Å²) in [7, 11) is 0. The van der Waals surface area contributed by atoms with E-state index in [1.807, 2.05) is 13.0 Å². The molecule has 0 bridgehead atoms. The van der Waals surface area contributed by atoms with Gasteiger partial charge in [-0.25, -0.2) is 4.79 Å². The van der Waals surface area contributed by atoms with E-state index in [0.717, 1.165) is 4.90 Å². The van der Waals surface area contributed by atoms with Crippen LogP contribution in [0.3, 0.4) is 0 Å². The Kier molecular flexibility index (Phi) is 4.19. The second-order valence-corrected chi connectivity index (χ2v) is 5.58. The molecule has 110 valence electrons. The number of carbonyl (C=O) groups is 2. The van der Waals surface area contributed by atoms with Crippen LogP contribution in [0.15, 0.2) is 24.3 Å². The summed E-state index contributed by atoms with van der Waals surface area (Å²) in [6.45, 7) is 3.61. The highest BCUT2D eigenvalue weighted by molar-refractivity contribution is 6.30. The summed E-state index contributed by atoms with van der Waals surface area (Å²) in [6.07, 6.45) is 0.427. The lowest BCUT2D eigenvalue weighted by Crippen LogP contribution is -2.43. The van der Waals surface area contributed by atoms with Crippen molar-refractivity contribution >= 4 is 23.5 Å². The Morgan fingerprint density at radius 2 is 2.00 bits per heavy atom. The predicted molar refractivity (Wildman–Crippen MR) is 78.4 cm³/mol. The van der Waals surface area contributed by atoms with Gasteiger partial charge in [0.1, 0.15) is 5.54 Å². The molecular formula is C15H16ClN3O2. The number of nitrogens with zero attached hydrogens (tertiary/aromatic N) is 2. The van der Waals surface area contributed by atoms with Gasteiger partial charge in [0.25, 0.3) is 5.91 Å². The van der Waals surface area contributed by atoms with Crippen molar-refractivity contribution in [1.82, 2.24) is 10.2 Å². The van der Waals surface area contributed by atoms with Gasteiger partial charge in [0, 0.05) is 11.6 Å². The van der Waals surface area contributed by atoms with Gasteiger partial charge in [-0.05, 0) is 31.0 Å². The van der Waals surface area contributed by atoms with Crippen LogP contribution in [0, 0.1) is 17.2 Å². The summed E-state index contributed by atoms with van der Waals surface area (Å²) in [6, 6.07) is 8.43. The first kappa shape index (κ1) is 15.3. The highest BCUT2D eigenvalue weighted by atomic mass is 35.5. The largest absolute Gasteiger partial charge is 0.325 e. The minimum absolute atomic E-state index is 0.0938. The van der Waals surface area contributed by atoms with Crippen LogP contribution in [0.4, 0.5) is 4.79 Å². The minimum Gasteiger partial charge on any atom is -0.319 e. The molecule has 1 aliphatic rings. The SMILES string of the molecule is CCC1(c2ccc(Cl)cc2)NC(=O)N(CC(C)C#N)C1=O. The molecule has 1 aliphatic heterocycles. The quantitative estimate of drug-likeness (QED) is 0.869. The molecule has 0 spiro atoms. The second-order valence-electron chi connectivity index (χ2n) is 5.14. The van der Waals surface area contributed by atoms with Crippen molar-refractivity contribution in [3.05, 3.63) is 34.9 Å². The Morgan fingerprint density at radius 3 is 2.52 bits per heavy atom. The van der Waals surface area contributed by atoms with E-state index in [4.69, 9.17) is 16.9 Å². The number of carbonyl (C=O) groups excluding carboxylic acids is 2. The fourth-order valence-electron chi connectivity index (χ4n) is 2.48. The summed E-state index contributed by atoms with van der Waals surface area (Å²) in [4.78, 5) is 25.9. The van der Waals surface area contributed by atoms with Gasteiger partial charge in [-0.3, -0.25) is 9.69 Å². The average Bonchev–Trinajstić information content (AvgIpc) is 2.73. The molecule has 1 heterocycles. The molecule has 1 N–H and O–H groups in total. The van der Waals surface area contributed by atoms with E-state index >= 15 is 0 Å². The highest BCUT2D eigenvalue weighted by Crippen LogP contribution is 2.33. The van der Waals surface area contributed by atoms with Gasteiger partial charge < -0.3 is 5.32 Å². The molecule has 5 nitrogen and oxygen atoms in total. The monoisotopic (exact) mass is 305 g/mol. The van der Waals surface area contributed by atoms with Crippen molar-refractivity contribution in [3.8, 4) is 6.07 Å². The van der Waals surface area contributed by atoms with Crippen LogP contribution < -0.4 is 5.32 Å². The molecule has 2 unspecified atom stereocenters.